The Morgan fingerprint density at radius 1 is 1.00 bits per heavy atom. The van der Waals surface area contributed by atoms with Gasteiger partial charge in [-0.15, -0.1) is 0 Å². The fourth-order valence-electron chi connectivity index (χ4n) is 2.11. The minimum Gasteiger partial charge on any atom is -0.453 e. The molecule has 0 aromatic rings. The Kier molecular flexibility index (Phi) is 7.54. The van der Waals surface area contributed by atoms with E-state index in [2.05, 4.69) is 11.8 Å². The molecule has 1 aliphatic heterocycles. The Balaban J connectivity index is 2.34. The predicted molar refractivity (Wildman–Crippen MR) is 69.5 cm³/mol. The fraction of sp³-hybridized carbons (Fsp3) is 0.800. The van der Waals surface area contributed by atoms with Gasteiger partial charge in [-0.1, -0.05) is 44.4 Å². The molecule has 1 aliphatic rings. The average molecular weight is 236 g/mol. The highest BCUT2D eigenvalue weighted by atomic mass is 16.5. The first kappa shape index (κ1) is 14.1. The van der Waals surface area contributed by atoms with Crippen molar-refractivity contribution < 1.29 is 9.53 Å². The van der Waals surface area contributed by atoms with Gasteiger partial charge in [-0.3, -0.25) is 0 Å². The fourth-order valence-corrected chi connectivity index (χ4v) is 2.11. The molecule has 2 nitrogen and oxygen atoms in total. The highest BCUT2D eigenvalue weighted by Gasteiger charge is 2.06. The molecule has 0 aliphatic carbocycles. The Labute approximate surface area is 105 Å². The molecule has 1 atom stereocenters. The number of carbonyl (C=O) groups excluding carboxylic acids is 1. The van der Waals surface area contributed by atoms with Crippen molar-refractivity contribution in [3.8, 4) is 11.8 Å². The van der Waals surface area contributed by atoms with E-state index in [0.29, 0.717) is 0 Å². The van der Waals surface area contributed by atoms with Gasteiger partial charge in [0.15, 0.2) is 0 Å². The van der Waals surface area contributed by atoms with Crippen LogP contribution in [0.1, 0.15) is 71.1 Å². The van der Waals surface area contributed by atoms with E-state index in [4.69, 9.17) is 4.74 Å². The summed E-state index contributed by atoms with van der Waals surface area (Å²) < 4.78 is 5.21. The maximum absolute atomic E-state index is 11.3. The molecule has 1 unspecified atom stereocenters. The number of ether oxygens (including phenoxy) is 1. The molecule has 0 bridgehead atoms. The Morgan fingerprint density at radius 3 is 2.29 bits per heavy atom. The van der Waals surface area contributed by atoms with E-state index in [9.17, 15) is 4.79 Å². The Bertz CT molecular complexity index is 272. The van der Waals surface area contributed by atoms with Crippen LogP contribution in [0.3, 0.4) is 0 Å². The van der Waals surface area contributed by atoms with Crippen molar-refractivity contribution in [1.29, 1.82) is 0 Å². The number of carbonyl (C=O) groups is 1. The van der Waals surface area contributed by atoms with Crippen LogP contribution in [0.15, 0.2) is 0 Å². The van der Waals surface area contributed by atoms with Gasteiger partial charge in [0.1, 0.15) is 6.10 Å². The van der Waals surface area contributed by atoms with E-state index in [-0.39, 0.29) is 12.1 Å². The molecule has 0 saturated carbocycles. The van der Waals surface area contributed by atoms with Crippen LogP contribution in [0.2, 0.25) is 0 Å². The lowest BCUT2D eigenvalue weighted by atomic mass is 10.1. The van der Waals surface area contributed by atoms with Crippen molar-refractivity contribution in [1.82, 2.24) is 0 Å². The van der Waals surface area contributed by atoms with Crippen molar-refractivity contribution in [3.05, 3.63) is 0 Å². The quantitative estimate of drug-likeness (QED) is 0.363. The summed E-state index contributed by atoms with van der Waals surface area (Å²) in [6.45, 7) is 1.96. The third kappa shape index (κ3) is 7.85. The normalized spacial score (nSPS) is 24.8. The third-order valence-corrected chi connectivity index (χ3v) is 3.16. The summed E-state index contributed by atoms with van der Waals surface area (Å²) >= 11 is 0. The second kappa shape index (κ2) is 9.10. The van der Waals surface area contributed by atoms with Gasteiger partial charge in [-0.05, 0) is 26.2 Å². The molecule has 2 heteroatoms. The zero-order valence-electron chi connectivity index (χ0n) is 11.0. The van der Waals surface area contributed by atoms with Crippen molar-refractivity contribution >= 4 is 5.97 Å². The van der Waals surface area contributed by atoms with Gasteiger partial charge in [0, 0.05) is 12.3 Å². The Morgan fingerprint density at radius 2 is 1.59 bits per heavy atom. The van der Waals surface area contributed by atoms with Crippen molar-refractivity contribution in [2.75, 3.05) is 0 Å². The van der Waals surface area contributed by atoms with Crippen LogP contribution in [0, 0.1) is 11.8 Å². The maximum atomic E-state index is 11.3. The number of hydrogen-bond acceptors (Lipinski definition) is 2. The first-order chi connectivity index (χ1) is 8.29. The molecule has 0 aromatic carbocycles. The van der Waals surface area contributed by atoms with Crippen molar-refractivity contribution in [2.45, 2.75) is 77.2 Å². The van der Waals surface area contributed by atoms with Crippen molar-refractivity contribution in [2.24, 2.45) is 0 Å². The molecule has 0 N–H and O–H groups in total. The van der Waals surface area contributed by atoms with E-state index in [1.54, 1.807) is 0 Å². The number of rotatable bonds is 0. The number of cyclic esters (lactones) is 1. The lowest BCUT2D eigenvalue weighted by Crippen LogP contribution is -2.13. The minimum absolute atomic E-state index is 0.0157. The van der Waals surface area contributed by atoms with E-state index in [1.165, 1.54) is 38.5 Å². The summed E-state index contributed by atoms with van der Waals surface area (Å²) in [7, 11) is 0. The average Bonchev–Trinajstić information content (AvgIpc) is 2.30. The largest absolute Gasteiger partial charge is 0.453 e. The van der Waals surface area contributed by atoms with Gasteiger partial charge in [-0.25, -0.2) is 4.79 Å². The predicted octanol–water partition coefficient (Wildman–Crippen LogP) is 3.84. The van der Waals surface area contributed by atoms with Gasteiger partial charge in [0.05, 0.1) is 0 Å². The van der Waals surface area contributed by atoms with Crippen LogP contribution in [0.4, 0.5) is 0 Å². The lowest BCUT2D eigenvalue weighted by molar-refractivity contribution is -0.141. The maximum Gasteiger partial charge on any atom is 0.384 e. The van der Waals surface area contributed by atoms with Crippen molar-refractivity contribution in [3.63, 3.8) is 0 Å². The summed E-state index contributed by atoms with van der Waals surface area (Å²) in [6, 6.07) is 0. The van der Waals surface area contributed by atoms with Gasteiger partial charge in [0.25, 0.3) is 0 Å². The molecule has 0 fully saturated rings. The minimum atomic E-state index is -0.354. The lowest BCUT2D eigenvalue weighted by Gasteiger charge is -2.10. The molecule has 1 heterocycles. The van der Waals surface area contributed by atoms with Crippen LogP contribution in [-0.4, -0.2) is 12.1 Å². The van der Waals surface area contributed by atoms with Gasteiger partial charge >= 0.3 is 5.97 Å². The molecule has 0 amide bonds. The number of hydrogen-bond donors (Lipinski definition) is 0. The Hall–Kier alpha value is -0.970. The van der Waals surface area contributed by atoms with Gasteiger partial charge < -0.3 is 4.74 Å². The smallest absolute Gasteiger partial charge is 0.384 e. The number of esters is 1. The summed E-state index contributed by atoms with van der Waals surface area (Å²) in [5.41, 5.74) is 0. The summed E-state index contributed by atoms with van der Waals surface area (Å²) in [6.07, 6.45) is 11.9. The van der Waals surface area contributed by atoms with E-state index in [1.807, 2.05) is 6.92 Å². The van der Waals surface area contributed by atoms with Crippen LogP contribution in [0.5, 0.6) is 0 Å². The van der Waals surface area contributed by atoms with E-state index < -0.39 is 0 Å². The molecule has 0 spiro atoms. The summed E-state index contributed by atoms with van der Waals surface area (Å²) in [4.78, 5) is 11.3. The molecular formula is C15H24O2. The van der Waals surface area contributed by atoms with Gasteiger partial charge in [-0.2, -0.15) is 0 Å². The zero-order valence-corrected chi connectivity index (χ0v) is 11.0. The molecule has 17 heavy (non-hydrogen) atoms. The molecule has 0 radical (unpaired) electrons. The summed E-state index contributed by atoms with van der Waals surface area (Å²) in [5.74, 6) is 5.12. The van der Waals surface area contributed by atoms with Crippen LogP contribution >= 0.6 is 0 Å². The highest BCUT2D eigenvalue weighted by Crippen LogP contribution is 2.12. The van der Waals surface area contributed by atoms with Crippen LogP contribution in [-0.2, 0) is 9.53 Å². The van der Waals surface area contributed by atoms with E-state index >= 15 is 0 Å². The second-order valence-corrected chi connectivity index (χ2v) is 4.88. The molecule has 1 rings (SSSR count). The zero-order chi connectivity index (χ0) is 12.3. The highest BCUT2D eigenvalue weighted by molar-refractivity contribution is 5.88. The topological polar surface area (TPSA) is 26.3 Å². The standard InChI is InChI=1S/C15H24O2/c1-14-12-10-8-6-4-2-3-5-7-9-11-13-15(16)17-14/h14H,2-10,12H2,1H3. The third-order valence-electron chi connectivity index (χ3n) is 3.16. The first-order valence-corrected chi connectivity index (χ1v) is 6.98. The van der Waals surface area contributed by atoms with Crippen LogP contribution < -0.4 is 0 Å². The van der Waals surface area contributed by atoms with Gasteiger partial charge in [0.2, 0.25) is 0 Å². The molecule has 0 aromatic heterocycles. The van der Waals surface area contributed by atoms with Crippen LogP contribution in [0.25, 0.3) is 0 Å². The SMILES string of the molecule is CC1CCCCCCCCCCC#CC(=O)O1. The summed E-state index contributed by atoms with van der Waals surface area (Å²) in [5, 5.41) is 0. The monoisotopic (exact) mass is 236 g/mol. The second-order valence-electron chi connectivity index (χ2n) is 4.88. The molecular weight excluding hydrogens is 212 g/mol. The molecule has 0 saturated heterocycles. The van der Waals surface area contributed by atoms with E-state index in [0.717, 1.165) is 25.7 Å². The first-order valence-electron chi connectivity index (χ1n) is 6.98. The molecule has 96 valence electrons.